The molecule has 0 aliphatic rings. The highest BCUT2D eigenvalue weighted by atomic mass is 19.4. The number of nitrogens with zero attached hydrogens (tertiary/aromatic N) is 1. The number of benzene rings is 2. The Hall–Kier alpha value is -3.13. The molecular formula is C23H24F3N3O2. The average molecular weight is 431 g/mol. The number of alkyl halides is 3. The summed E-state index contributed by atoms with van der Waals surface area (Å²) < 4.78 is 43.6. The number of amides is 1. The number of halogens is 3. The van der Waals surface area contributed by atoms with Gasteiger partial charge in [-0.15, -0.1) is 0 Å². The Bertz CT molecular complexity index is 985. The summed E-state index contributed by atoms with van der Waals surface area (Å²) in [6.07, 6.45) is -3.36. The first kappa shape index (κ1) is 22.6. The van der Waals surface area contributed by atoms with Crippen molar-refractivity contribution >= 4 is 5.91 Å². The third-order valence-corrected chi connectivity index (χ3v) is 5.02. The smallest absolute Gasteiger partial charge is 0.361 e. The highest BCUT2D eigenvalue weighted by molar-refractivity contribution is 5.82. The lowest BCUT2D eigenvalue weighted by atomic mass is 9.99. The zero-order valence-corrected chi connectivity index (χ0v) is 17.2. The van der Waals surface area contributed by atoms with E-state index in [0.29, 0.717) is 24.3 Å². The molecule has 5 nitrogen and oxygen atoms in total. The summed E-state index contributed by atoms with van der Waals surface area (Å²) in [4.78, 5) is 12.6. The maximum atomic E-state index is 12.8. The Morgan fingerprint density at radius 1 is 1.10 bits per heavy atom. The van der Waals surface area contributed by atoms with Crippen LogP contribution in [0.4, 0.5) is 13.2 Å². The van der Waals surface area contributed by atoms with Crippen LogP contribution in [0.2, 0.25) is 0 Å². The van der Waals surface area contributed by atoms with Crippen LogP contribution < -0.4 is 10.6 Å². The number of likely N-dealkylation sites (N-methyl/N-ethyl adjacent to an activating group) is 1. The van der Waals surface area contributed by atoms with Crippen LogP contribution >= 0.6 is 0 Å². The second-order valence-corrected chi connectivity index (χ2v) is 7.27. The van der Waals surface area contributed by atoms with E-state index in [4.69, 9.17) is 4.52 Å². The molecular weight excluding hydrogens is 407 g/mol. The summed E-state index contributed by atoms with van der Waals surface area (Å²) in [6, 6.07) is 15.2. The van der Waals surface area contributed by atoms with Crippen molar-refractivity contribution in [2.45, 2.75) is 38.0 Å². The van der Waals surface area contributed by atoms with E-state index < -0.39 is 17.8 Å². The van der Waals surface area contributed by atoms with E-state index >= 15 is 0 Å². The van der Waals surface area contributed by atoms with Gasteiger partial charge in [0.05, 0.1) is 11.6 Å². The molecule has 0 aliphatic heterocycles. The predicted octanol–water partition coefficient (Wildman–Crippen LogP) is 4.75. The fourth-order valence-electron chi connectivity index (χ4n) is 3.35. The molecule has 164 valence electrons. The molecule has 0 saturated carbocycles. The summed E-state index contributed by atoms with van der Waals surface area (Å²) in [5.74, 6) is 0.429. The Labute approximate surface area is 178 Å². The molecule has 0 bridgehead atoms. The summed E-state index contributed by atoms with van der Waals surface area (Å²) in [5, 5.41) is 10.1. The number of nitrogens with one attached hydrogen (secondary N) is 2. The van der Waals surface area contributed by atoms with Crippen molar-refractivity contribution in [3.63, 3.8) is 0 Å². The molecule has 1 aromatic heterocycles. The Kier molecular flexibility index (Phi) is 7.12. The molecule has 0 fully saturated rings. The molecule has 1 amide bonds. The molecule has 2 N–H and O–H groups in total. The molecule has 8 heteroatoms. The van der Waals surface area contributed by atoms with Crippen molar-refractivity contribution in [2.75, 3.05) is 7.05 Å². The number of hydrogen-bond acceptors (Lipinski definition) is 4. The van der Waals surface area contributed by atoms with Gasteiger partial charge in [-0.1, -0.05) is 47.6 Å². The van der Waals surface area contributed by atoms with Gasteiger partial charge in [-0.25, -0.2) is 0 Å². The minimum absolute atomic E-state index is 0.203. The van der Waals surface area contributed by atoms with Gasteiger partial charge in [-0.05, 0) is 43.0 Å². The number of hydrogen-bond donors (Lipinski definition) is 2. The van der Waals surface area contributed by atoms with Crippen molar-refractivity contribution in [3.8, 4) is 0 Å². The lowest BCUT2D eigenvalue weighted by Gasteiger charge is -2.24. The van der Waals surface area contributed by atoms with Crippen LogP contribution in [0.25, 0.3) is 0 Å². The molecule has 31 heavy (non-hydrogen) atoms. The van der Waals surface area contributed by atoms with E-state index in [1.165, 1.54) is 12.1 Å². The topological polar surface area (TPSA) is 67.2 Å². The molecule has 0 spiro atoms. The molecule has 0 radical (unpaired) electrons. The number of rotatable bonds is 8. The summed E-state index contributed by atoms with van der Waals surface area (Å²) >= 11 is 0. The van der Waals surface area contributed by atoms with Gasteiger partial charge in [0.1, 0.15) is 17.5 Å². The van der Waals surface area contributed by atoms with Crippen molar-refractivity contribution < 1.29 is 22.5 Å². The molecule has 3 rings (SSSR count). The molecule has 1 heterocycles. The van der Waals surface area contributed by atoms with Crippen LogP contribution in [-0.2, 0) is 17.4 Å². The molecule has 0 aliphatic carbocycles. The zero-order valence-electron chi connectivity index (χ0n) is 17.2. The third kappa shape index (κ3) is 5.95. The lowest BCUT2D eigenvalue weighted by molar-refractivity contribution is -0.137. The highest BCUT2D eigenvalue weighted by Gasteiger charge is 2.30. The highest BCUT2D eigenvalue weighted by Crippen LogP contribution is 2.30. The predicted molar refractivity (Wildman–Crippen MR) is 110 cm³/mol. The van der Waals surface area contributed by atoms with Gasteiger partial charge in [0, 0.05) is 13.1 Å². The van der Waals surface area contributed by atoms with Gasteiger partial charge in [-0.2, -0.15) is 13.2 Å². The maximum absolute atomic E-state index is 12.8. The van der Waals surface area contributed by atoms with Gasteiger partial charge in [0.25, 0.3) is 0 Å². The maximum Gasteiger partial charge on any atom is 0.416 e. The monoisotopic (exact) mass is 431 g/mol. The zero-order chi connectivity index (χ0) is 22.4. The van der Waals surface area contributed by atoms with Crippen molar-refractivity contribution in [1.29, 1.82) is 0 Å². The third-order valence-electron chi connectivity index (χ3n) is 5.02. The first-order valence-electron chi connectivity index (χ1n) is 9.90. The number of aryl methyl sites for hydroxylation is 2. The van der Waals surface area contributed by atoms with Crippen molar-refractivity contribution in [3.05, 3.63) is 88.8 Å². The van der Waals surface area contributed by atoms with E-state index in [1.807, 2.05) is 30.3 Å². The first-order valence-corrected chi connectivity index (χ1v) is 9.90. The van der Waals surface area contributed by atoms with Crippen LogP contribution in [0.1, 0.15) is 46.6 Å². The quantitative estimate of drug-likeness (QED) is 0.540. The largest absolute Gasteiger partial charge is 0.416 e. The normalized spacial score (nSPS) is 13.6. The van der Waals surface area contributed by atoms with Gasteiger partial charge >= 0.3 is 6.18 Å². The summed E-state index contributed by atoms with van der Waals surface area (Å²) in [7, 11) is 1.57. The standard InChI is InChI=1S/C23H24F3N3O2/c1-15-14-20(29-31-15)19(13-10-16-8-11-18(12-9-16)23(24,25)26)28-21(22(30)27-2)17-6-4-3-5-7-17/h3-9,11-12,14,19,21,28H,10,13H2,1-2H3,(H,27,30)/t19-,21+/m0/s1. The Balaban J connectivity index is 1.80. The lowest BCUT2D eigenvalue weighted by Crippen LogP contribution is -2.38. The van der Waals surface area contributed by atoms with E-state index in [0.717, 1.165) is 23.3 Å². The fourth-order valence-corrected chi connectivity index (χ4v) is 3.35. The van der Waals surface area contributed by atoms with Gasteiger partial charge in [-0.3, -0.25) is 10.1 Å². The number of carbonyl (C=O) groups is 1. The second-order valence-electron chi connectivity index (χ2n) is 7.27. The summed E-state index contributed by atoms with van der Waals surface area (Å²) in [6.45, 7) is 1.77. The molecule has 2 aromatic carbocycles. The van der Waals surface area contributed by atoms with Crippen molar-refractivity contribution in [2.24, 2.45) is 0 Å². The van der Waals surface area contributed by atoms with E-state index in [9.17, 15) is 18.0 Å². The molecule has 2 atom stereocenters. The molecule has 0 saturated heterocycles. The van der Waals surface area contributed by atoms with E-state index in [-0.39, 0.29) is 11.9 Å². The SMILES string of the molecule is CNC(=O)[C@H](N[C@@H](CCc1ccc(C(F)(F)F)cc1)c1cc(C)on1)c1ccccc1. The minimum atomic E-state index is -4.36. The van der Waals surface area contributed by atoms with Crippen molar-refractivity contribution in [1.82, 2.24) is 15.8 Å². The number of carbonyl (C=O) groups excluding carboxylic acids is 1. The fraction of sp³-hybridized carbons (Fsp3) is 0.304. The van der Waals surface area contributed by atoms with E-state index in [2.05, 4.69) is 15.8 Å². The van der Waals surface area contributed by atoms with Gasteiger partial charge in [0.15, 0.2) is 0 Å². The van der Waals surface area contributed by atoms with Gasteiger partial charge < -0.3 is 9.84 Å². The van der Waals surface area contributed by atoms with Gasteiger partial charge in [0.2, 0.25) is 5.91 Å². The number of aromatic nitrogens is 1. The average Bonchev–Trinajstić information content (AvgIpc) is 3.20. The Morgan fingerprint density at radius 2 is 1.77 bits per heavy atom. The molecule has 3 aromatic rings. The first-order chi connectivity index (χ1) is 14.8. The minimum Gasteiger partial charge on any atom is -0.361 e. The van der Waals surface area contributed by atoms with Crippen LogP contribution in [0, 0.1) is 6.92 Å². The van der Waals surface area contributed by atoms with Crippen LogP contribution in [0.15, 0.2) is 65.2 Å². The van der Waals surface area contributed by atoms with Crippen LogP contribution in [0.5, 0.6) is 0 Å². The summed E-state index contributed by atoms with van der Waals surface area (Å²) in [5.41, 5.74) is 1.51. The second kappa shape index (κ2) is 9.78. The van der Waals surface area contributed by atoms with E-state index in [1.54, 1.807) is 20.0 Å². The van der Waals surface area contributed by atoms with Crippen LogP contribution in [-0.4, -0.2) is 18.1 Å². The molecule has 0 unspecified atom stereocenters. The van der Waals surface area contributed by atoms with Crippen LogP contribution in [0.3, 0.4) is 0 Å². The Morgan fingerprint density at radius 3 is 2.32 bits per heavy atom.